The Hall–Kier alpha value is -0.370. The standard InChI is InChI=1S/C18H22O2/c1-18(2,3)20-17-14-8-4-5-9(14)11-7-6(10(8)15(11)17)12(4)16(19)13(5)7/h4-15,17H,1-3H3. The predicted molar refractivity (Wildman–Crippen MR) is 71.5 cm³/mol. The first-order valence-corrected chi connectivity index (χ1v) is 8.72. The first-order valence-electron chi connectivity index (χ1n) is 8.72. The molecule has 8 atom stereocenters. The van der Waals surface area contributed by atoms with E-state index in [9.17, 15) is 4.79 Å². The van der Waals surface area contributed by atoms with Crippen LogP contribution in [0.15, 0.2) is 0 Å². The molecule has 8 unspecified atom stereocenters. The molecule has 4 bridgehead atoms. The molecule has 8 aliphatic rings. The van der Waals surface area contributed by atoms with E-state index in [0.717, 1.165) is 65.0 Å². The smallest absolute Gasteiger partial charge is 0.140 e. The second-order valence-electron chi connectivity index (χ2n) is 9.92. The molecule has 20 heavy (non-hydrogen) atoms. The zero-order chi connectivity index (χ0) is 13.3. The highest BCUT2D eigenvalue weighted by molar-refractivity contribution is 5.92. The van der Waals surface area contributed by atoms with Crippen LogP contribution in [0, 0.1) is 71.0 Å². The third-order valence-electron chi connectivity index (χ3n) is 8.90. The summed E-state index contributed by atoms with van der Waals surface area (Å²) in [7, 11) is 0. The van der Waals surface area contributed by atoms with Crippen molar-refractivity contribution in [1.82, 2.24) is 0 Å². The lowest BCUT2D eigenvalue weighted by Crippen LogP contribution is -2.32. The lowest BCUT2D eigenvalue weighted by atomic mass is 9.80. The van der Waals surface area contributed by atoms with Gasteiger partial charge in [0.05, 0.1) is 11.7 Å². The molecule has 106 valence electrons. The fourth-order valence-corrected chi connectivity index (χ4v) is 9.73. The van der Waals surface area contributed by atoms with E-state index in [1.807, 2.05) is 0 Å². The van der Waals surface area contributed by atoms with Gasteiger partial charge in [-0.25, -0.2) is 0 Å². The largest absolute Gasteiger partial charge is 0.372 e. The molecule has 0 aromatic rings. The Labute approximate surface area is 119 Å². The molecule has 0 aliphatic heterocycles. The van der Waals surface area contributed by atoms with E-state index in [1.54, 1.807) is 0 Å². The van der Waals surface area contributed by atoms with E-state index >= 15 is 0 Å². The molecule has 2 heteroatoms. The number of ether oxygens (including phenoxy) is 1. The van der Waals surface area contributed by atoms with Gasteiger partial charge in [0, 0.05) is 11.8 Å². The first kappa shape index (κ1) is 10.4. The molecule has 0 radical (unpaired) electrons. The molecule has 0 spiro atoms. The van der Waals surface area contributed by atoms with E-state index in [4.69, 9.17) is 4.74 Å². The van der Waals surface area contributed by atoms with Crippen LogP contribution in [0.5, 0.6) is 0 Å². The quantitative estimate of drug-likeness (QED) is 0.730. The van der Waals surface area contributed by atoms with Crippen molar-refractivity contribution in [2.24, 2.45) is 71.0 Å². The summed E-state index contributed by atoms with van der Waals surface area (Å²) < 4.78 is 6.58. The maximum Gasteiger partial charge on any atom is 0.140 e. The highest BCUT2D eigenvalue weighted by Crippen LogP contribution is 2.92. The molecular weight excluding hydrogens is 248 g/mol. The van der Waals surface area contributed by atoms with Gasteiger partial charge in [-0.15, -0.1) is 0 Å². The molecule has 0 aromatic heterocycles. The van der Waals surface area contributed by atoms with Gasteiger partial charge in [0.25, 0.3) is 0 Å². The van der Waals surface area contributed by atoms with Gasteiger partial charge in [-0.05, 0) is 80.0 Å². The highest BCUT2D eigenvalue weighted by Gasteiger charge is 2.93. The summed E-state index contributed by atoms with van der Waals surface area (Å²) >= 11 is 0. The van der Waals surface area contributed by atoms with Gasteiger partial charge in [-0.2, -0.15) is 0 Å². The second-order valence-corrected chi connectivity index (χ2v) is 9.92. The fourth-order valence-electron chi connectivity index (χ4n) is 9.73. The fraction of sp³-hybridized carbons (Fsp3) is 0.944. The normalized spacial score (nSPS) is 75.5. The lowest BCUT2D eigenvalue weighted by Gasteiger charge is -2.29. The van der Waals surface area contributed by atoms with Crippen molar-refractivity contribution in [3.05, 3.63) is 0 Å². The predicted octanol–water partition coefficient (Wildman–Crippen LogP) is 2.23. The van der Waals surface area contributed by atoms with Gasteiger partial charge in [0.15, 0.2) is 0 Å². The molecule has 0 saturated heterocycles. The number of Topliss-reactive ketones (excluding diaryl/α,β-unsaturated/α-hetero) is 1. The number of hydrogen-bond acceptors (Lipinski definition) is 2. The van der Waals surface area contributed by atoms with Crippen molar-refractivity contribution < 1.29 is 9.53 Å². The Balaban J connectivity index is 1.44. The molecule has 8 rings (SSSR count). The summed E-state index contributed by atoms with van der Waals surface area (Å²) in [5, 5.41) is 0. The Kier molecular flexibility index (Phi) is 1.27. The maximum absolute atomic E-state index is 12.6. The van der Waals surface area contributed by atoms with Crippen LogP contribution in [-0.4, -0.2) is 17.5 Å². The molecular formula is C18H22O2. The minimum Gasteiger partial charge on any atom is -0.372 e. The average Bonchev–Trinajstić information content (AvgIpc) is 3.00. The van der Waals surface area contributed by atoms with Gasteiger partial charge in [0.2, 0.25) is 0 Å². The maximum atomic E-state index is 12.6. The minimum absolute atomic E-state index is 0.00183. The Bertz CT molecular complexity index is 515. The molecule has 8 saturated carbocycles. The topological polar surface area (TPSA) is 26.3 Å². The van der Waals surface area contributed by atoms with Crippen LogP contribution in [0.3, 0.4) is 0 Å². The van der Waals surface area contributed by atoms with Crippen molar-refractivity contribution in [2.75, 3.05) is 0 Å². The first-order chi connectivity index (χ1) is 9.51. The molecule has 2 nitrogen and oxygen atoms in total. The summed E-state index contributed by atoms with van der Waals surface area (Å²) in [5.74, 6) is 10.3. The van der Waals surface area contributed by atoms with Crippen molar-refractivity contribution >= 4 is 5.78 Å². The highest BCUT2D eigenvalue weighted by atomic mass is 16.5. The van der Waals surface area contributed by atoms with Crippen molar-refractivity contribution in [3.8, 4) is 0 Å². The SMILES string of the molecule is CC(C)(C)OC1C2C3C4C5C(=O)C6C4C2C2C1C3C5C62. The molecule has 8 aliphatic carbocycles. The van der Waals surface area contributed by atoms with Crippen LogP contribution >= 0.6 is 0 Å². The third-order valence-corrected chi connectivity index (χ3v) is 8.90. The van der Waals surface area contributed by atoms with Gasteiger partial charge >= 0.3 is 0 Å². The summed E-state index contributed by atoms with van der Waals surface area (Å²) in [5.41, 5.74) is 0.00183. The zero-order valence-electron chi connectivity index (χ0n) is 12.3. The van der Waals surface area contributed by atoms with Crippen molar-refractivity contribution in [1.29, 1.82) is 0 Å². The minimum atomic E-state index is 0.00183. The van der Waals surface area contributed by atoms with E-state index in [2.05, 4.69) is 20.8 Å². The number of rotatable bonds is 1. The van der Waals surface area contributed by atoms with Crippen LogP contribution in [0.25, 0.3) is 0 Å². The van der Waals surface area contributed by atoms with Gasteiger partial charge in [0.1, 0.15) is 5.78 Å². The molecule has 0 N–H and O–H groups in total. The summed E-state index contributed by atoms with van der Waals surface area (Å²) in [6.45, 7) is 6.66. The van der Waals surface area contributed by atoms with Gasteiger partial charge in [-0.3, -0.25) is 4.79 Å². The van der Waals surface area contributed by atoms with Crippen molar-refractivity contribution in [2.45, 2.75) is 32.5 Å². The van der Waals surface area contributed by atoms with Crippen LogP contribution in [0.4, 0.5) is 0 Å². The average molecular weight is 270 g/mol. The van der Waals surface area contributed by atoms with Crippen LogP contribution < -0.4 is 0 Å². The second kappa shape index (κ2) is 2.45. The van der Waals surface area contributed by atoms with Crippen LogP contribution in [0.2, 0.25) is 0 Å². The summed E-state index contributed by atoms with van der Waals surface area (Å²) in [6.07, 6.45) is 0.551. The monoisotopic (exact) mass is 270 g/mol. The number of carbonyl (C=O) groups is 1. The van der Waals surface area contributed by atoms with E-state index in [0.29, 0.717) is 17.9 Å². The Morgan fingerprint density at radius 1 is 0.700 bits per heavy atom. The van der Waals surface area contributed by atoms with E-state index < -0.39 is 0 Å². The zero-order valence-corrected chi connectivity index (χ0v) is 12.3. The Morgan fingerprint density at radius 2 is 1.10 bits per heavy atom. The molecule has 0 heterocycles. The molecule has 0 amide bonds. The van der Waals surface area contributed by atoms with Crippen LogP contribution in [0.1, 0.15) is 20.8 Å². The Morgan fingerprint density at radius 3 is 1.45 bits per heavy atom. The summed E-state index contributed by atoms with van der Waals surface area (Å²) in [4.78, 5) is 12.6. The molecule has 8 fully saturated rings. The van der Waals surface area contributed by atoms with Gasteiger partial charge < -0.3 is 4.74 Å². The number of ketones is 1. The van der Waals surface area contributed by atoms with Crippen molar-refractivity contribution in [3.63, 3.8) is 0 Å². The third kappa shape index (κ3) is 0.681. The van der Waals surface area contributed by atoms with Gasteiger partial charge in [-0.1, -0.05) is 0 Å². The number of hydrogen-bond donors (Lipinski definition) is 0. The lowest BCUT2D eigenvalue weighted by molar-refractivity contribution is -0.123. The van der Waals surface area contributed by atoms with E-state index in [1.165, 1.54) is 0 Å². The summed E-state index contributed by atoms with van der Waals surface area (Å²) in [6, 6.07) is 0. The van der Waals surface area contributed by atoms with Crippen LogP contribution in [-0.2, 0) is 9.53 Å². The molecule has 0 aromatic carbocycles. The van der Waals surface area contributed by atoms with E-state index in [-0.39, 0.29) is 5.60 Å². The number of carbonyl (C=O) groups excluding carboxylic acids is 1.